The van der Waals surface area contributed by atoms with E-state index >= 15 is 0 Å². The lowest BCUT2D eigenvalue weighted by Gasteiger charge is -2.31. The average molecular weight is 433 g/mol. The highest BCUT2D eigenvalue weighted by atomic mass is 32.2. The largest absolute Gasteiger partial charge is 0.416 e. The molecule has 29 heavy (non-hydrogen) atoms. The summed E-state index contributed by atoms with van der Waals surface area (Å²) in [7, 11) is 0. The first-order valence-corrected chi connectivity index (χ1v) is 10.8. The van der Waals surface area contributed by atoms with Crippen molar-refractivity contribution >= 4 is 29.0 Å². The van der Waals surface area contributed by atoms with Crippen LogP contribution in [-0.2, 0) is 20.4 Å². The van der Waals surface area contributed by atoms with Crippen LogP contribution in [0.5, 0.6) is 0 Å². The molecule has 0 atom stereocenters. The summed E-state index contributed by atoms with van der Waals surface area (Å²) in [5.41, 5.74) is 0.0123. The average Bonchev–Trinajstić information content (AvgIpc) is 2.72. The predicted molar refractivity (Wildman–Crippen MR) is 108 cm³/mol. The number of anilines is 2. The minimum absolute atomic E-state index is 0.195. The summed E-state index contributed by atoms with van der Waals surface area (Å²) in [5, 5.41) is 2.68. The van der Waals surface area contributed by atoms with Gasteiger partial charge in [-0.2, -0.15) is 24.9 Å². The highest BCUT2D eigenvalue weighted by molar-refractivity contribution is 7.99. The van der Waals surface area contributed by atoms with Crippen molar-refractivity contribution in [3.05, 3.63) is 23.8 Å². The smallest absolute Gasteiger partial charge is 0.379 e. The number of hydrogen-bond acceptors (Lipinski definition) is 6. The number of rotatable bonds is 7. The maximum atomic E-state index is 13.1. The van der Waals surface area contributed by atoms with E-state index in [1.54, 1.807) is 0 Å². The van der Waals surface area contributed by atoms with Crippen LogP contribution in [0.4, 0.5) is 24.5 Å². The molecule has 0 saturated carbocycles. The number of amides is 1. The van der Waals surface area contributed by atoms with E-state index < -0.39 is 11.7 Å². The molecule has 1 aromatic carbocycles. The number of carbonyl (C=O) groups excluding carboxylic acids is 1. The van der Waals surface area contributed by atoms with Crippen molar-refractivity contribution < 1.29 is 27.4 Å². The third kappa shape index (κ3) is 6.77. The number of nitrogens with one attached hydrogen (secondary N) is 1. The fourth-order valence-electron chi connectivity index (χ4n) is 3.26. The monoisotopic (exact) mass is 433 g/mol. The lowest BCUT2D eigenvalue weighted by molar-refractivity contribution is -0.137. The van der Waals surface area contributed by atoms with Crippen LogP contribution in [0.25, 0.3) is 0 Å². The van der Waals surface area contributed by atoms with Crippen LogP contribution in [0.15, 0.2) is 18.2 Å². The quantitative estimate of drug-likeness (QED) is 0.667. The van der Waals surface area contributed by atoms with E-state index in [4.69, 9.17) is 9.47 Å². The number of ether oxygens (including phenoxy) is 2. The molecule has 1 amide bonds. The fourth-order valence-corrected chi connectivity index (χ4v) is 4.05. The van der Waals surface area contributed by atoms with Gasteiger partial charge in [-0.25, -0.2) is 0 Å². The van der Waals surface area contributed by atoms with Crippen molar-refractivity contribution in [2.45, 2.75) is 6.18 Å². The van der Waals surface area contributed by atoms with Crippen LogP contribution in [0.1, 0.15) is 5.56 Å². The van der Waals surface area contributed by atoms with Gasteiger partial charge in [0, 0.05) is 38.5 Å². The zero-order valence-electron chi connectivity index (χ0n) is 16.2. The Kier molecular flexibility index (Phi) is 8.05. The second-order valence-corrected chi connectivity index (χ2v) is 7.99. The summed E-state index contributed by atoms with van der Waals surface area (Å²) in [4.78, 5) is 16.6. The number of nitrogens with zero attached hydrogens (tertiary/aromatic N) is 2. The molecule has 1 aromatic rings. The number of thioether (sulfide) groups is 1. The molecule has 2 fully saturated rings. The van der Waals surface area contributed by atoms with E-state index in [1.165, 1.54) is 17.8 Å². The van der Waals surface area contributed by atoms with Crippen molar-refractivity contribution in [1.29, 1.82) is 0 Å². The molecule has 0 bridgehead atoms. The second kappa shape index (κ2) is 10.5. The van der Waals surface area contributed by atoms with Crippen molar-refractivity contribution in [3.8, 4) is 0 Å². The number of morpholine rings is 2. The molecule has 2 saturated heterocycles. The third-order valence-electron chi connectivity index (χ3n) is 4.84. The van der Waals surface area contributed by atoms with E-state index in [0.29, 0.717) is 32.0 Å². The molecule has 0 aliphatic carbocycles. The summed E-state index contributed by atoms with van der Waals surface area (Å²) in [6, 6.07) is 3.49. The van der Waals surface area contributed by atoms with Gasteiger partial charge < -0.3 is 19.7 Å². The van der Waals surface area contributed by atoms with E-state index in [-0.39, 0.29) is 17.3 Å². The summed E-state index contributed by atoms with van der Waals surface area (Å²) < 4.78 is 50.0. The molecule has 162 valence electrons. The molecule has 2 aliphatic rings. The fraction of sp³-hybridized carbons (Fsp3) is 0.632. The number of hydrogen-bond donors (Lipinski definition) is 1. The van der Waals surface area contributed by atoms with Gasteiger partial charge >= 0.3 is 6.18 Å². The lowest BCUT2D eigenvalue weighted by atomic mass is 10.1. The van der Waals surface area contributed by atoms with Gasteiger partial charge in [-0.05, 0) is 18.2 Å². The predicted octanol–water partition coefficient (Wildman–Crippen LogP) is 2.55. The van der Waals surface area contributed by atoms with Crippen LogP contribution in [0.3, 0.4) is 0 Å². The summed E-state index contributed by atoms with van der Waals surface area (Å²) in [6.45, 7) is 6.25. The van der Waals surface area contributed by atoms with Gasteiger partial charge in [0.1, 0.15) is 0 Å². The minimum atomic E-state index is -4.46. The van der Waals surface area contributed by atoms with E-state index in [2.05, 4.69) is 10.2 Å². The molecule has 2 heterocycles. The molecule has 2 aliphatic heterocycles. The molecule has 0 unspecified atom stereocenters. The number of alkyl halides is 3. The van der Waals surface area contributed by atoms with Crippen molar-refractivity contribution in [3.63, 3.8) is 0 Å². The van der Waals surface area contributed by atoms with Gasteiger partial charge in [-0.1, -0.05) is 0 Å². The Labute approximate surface area is 172 Å². The van der Waals surface area contributed by atoms with E-state index in [1.807, 2.05) is 4.90 Å². The molecule has 0 radical (unpaired) electrons. The molecule has 0 spiro atoms. The Hall–Kier alpha value is -1.49. The normalized spacial score (nSPS) is 18.7. The standard InChI is InChI=1S/C19H26F3N3O3S/c20-19(21,22)15-1-2-17(25-5-10-28-11-6-25)16(13-15)23-18(26)14-29-12-7-24-3-8-27-9-4-24/h1-2,13H,3-12,14H2,(H,23,26). The first-order valence-electron chi connectivity index (χ1n) is 9.65. The first kappa shape index (κ1) is 22.2. The highest BCUT2D eigenvalue weighted by Crippen LogP contribution is 2.35. The van der Waals surface area contributed by atoms with Gasteiger partial charge in [0.25, 0.3) is 0 Å². The van der Waals surface area contributed by atoms with Crippen LogP contribution < -0.4 is 10.2 Å². The Morgan fingerprint density at radius 2 is 1.72 bits per heavy atom. The Balaban J connectivity index is 1.58. The Morgan fingerprint density at radius 3 is 2.38 bits per heavy atom. The molecule has 1 N–H and O–H groups in total. The third-order valence-corrected chi connectivity index (χ3v) is 5.78. The van der Waals surface area contributed by atoms with Crippen molar-refractivity contribution in [2.75, 3.05) is 80.9 Å². The minimum Gasteiger partial charge on any atom is -0.379 e. The Morgan fingerprint density at radius 1 is 1.07 bits per heavy atom. The van der Waals surface area contributed by atoms with Crippen LogP contribution in [-0.4, -0.2) is 81.5 Å². The van der Waals surface area contributed by atoms with Gasteiger partial charge in [0.05, 0.1) is 49.1 Å². The topological polar surface area (TPSA) is 54.0 Å². The Bertz CT molecular complexity index is 678. The van der Waals surface area contributed by atoms with E-state index in [9.17, 15) is 18.0 Å². The first-order chi connectivity index (χ1) is 13.9. The molecular weight excluding hydrogens is 407 g/mol. The van der Waals surface area contributed by atoms with Gasteiger partial charge in [-0.15, -0.1) is 0 Å². The zero-order chi connectivity index (χ0) is 20.7. The number of benzene rings is 1. The van der Waals surface area contributed by atoms with Crippen molar-refractivity contribution in [2.24, 2.45) is 0 Å². The van der Waals surface area contributed by atoms with Crippen LogP contribution >= 0.6 is 11.8 Å². The van der Waals surface area contributed by atoms with Gasteiger partial charge in [0.2, 0.25) is 5.91 Å². The van der Waals surface area contributed by atoms with Crippen LogP contribution in [0, 0.1) is 0 Å². The number of halogens is 3. The van der Waals surface area contributed by atoms with E-state index in [0.717, 1.165) is 50.7 Å². The molecule has 0 aromatic heterocycles. The zero-order valence-corrected chi connectivity index (χ0v) is 17.0. The SMILES string of the molecule is O=C(CSCCN1CCOCC1)Nc1cc(C(F)(F)F)ccc1N1CCOCC1. The summed E-state index contributed by atoms with van der Waals surface area (Å²) in [5.74, 6) is 0.681. The maximum absolute atomic E-state index is 13.1. The van der Waals surface area contributed by atoms with Gasteiger partial charge in [0.15, 0.2) is 0 Å². The summed E-state index contributed by atoms with van der Waals surface area (Å²) in [6.07, 6.45) is -4.46. The van der Waals surface area contributed by atoms with Gasteiger partial charge in [-0.3, -0.25) is 9.69 Å². The number of carbonyl (C=O) groups is 1. The molecular formula is C19H26F3N3O3S. The highest BCUT2D eigenvalue weighted by Gasteiger charge is 2.32. The lowest BCUT2D eigenvalue weighted by Crippen LogP contribution is -2.37. The molecule has 10 heteroatoms. The second-order valence-electron chi connectivity index (χ2n) is 6.88. The maximum Gasteiger partial charge on any atom is 0.416 e. The van der Waals surface area contributed by atoms with Crippen LogP contribution in [0.2, 0.25) is 0 Å². The molecule has 6 nitrogen and oxygen atoms in total. The summed E-state index contributed by atoms with van der Waals surface area (Å²) >= 11 is 1.48. The van der Waals surface area contributed by atoms with Crippen molar-refractivity contribution in [1.82, 2.24) is 4.90 Å². The molecule has 3 rings (SSSR count).